The van der Waals surface area contributed by atoms with Gasteiger partial charge >= 0.3 is 5.97 Å². The first-order valence-electron chi connectivity index (χ1n) is 6.68. The van der Waals surface area contributed by atoms with Gasteiger partial charge in [-0.05, 0) is 18.9 Å². The number of furan rings is 1. The quantitative estimate of drug-likeness (QED) is 0.933. The third-order valence-corrected chi connectivity index (χ3v) is 3.64. The minimum absolute atomic E-state index is 0.0630. The third kappa shape index (κ3) is 2.15. The van der Waals surface area contributed by atoms with Crippen LogP contribution in [0.25, 0.3) is 11.0 Å². The minimum atomic E-state index is -1.02. The van der Waals surface area contributed by atoms with Crippen molar-refractivity contribution in [3.63, 3.8) is 0 Å². The summed E-state index contributed by atoms with van der Waals surface area (Å²) in [6, 6.07) is 7.04. The molecule has 0 radical (unpaired) electrons. The Morgan fingerprint density at radius 3 is 2.85 bits per heavy atom. The van der Waals surface area contributed by atoms with Crippen molar-refractivity contribution in [2.75, 3.05) is 6.54 Å². The first-order chi connectivity index (χ1) is 9.66. The molecule has 0 unspecified atom stereocenters. The Bertz CT molecular complexity index is 674. The summed E-state index contributed by atoms with van der Waals surface area (Å²) < 4.78 is 5.64. The van der Waals surface area contributed by atoms with Crippen molar-refractivity contribution >= 4 is 22.8 Å². The maximum absolute atomic E-state index is 11.8. The van der Waals surface area contributed by atoms with E-state index in [0.29, 0.717) is 29.7 Å². The average molecular weight is 273 g/mol. The first kappa shape index (κ1) is 12.7. The van der Waals surface area contributed by atoms with Gasteiger partial charge in [0.15, 0.2) is 0 Å². The Kier molecular flexibility index (Phi) is 3.18. The highest BCUT2D eigenvalue weighted by molar-refractivity contribution is 6.03. The van der Waals surface area contributed by atoms with Crippen molar-refractivity contribution in [2.24, 2.45) is 0 Å². The lowest BCUT2D eigenvalue weighted by molar-refractivity contribution is -0.134. The van der Waals surface area contributed by atoms with E-state index in [1.54, 1.807) is 29.2 Å². The van der Waals surface area contributed by atoms with Crippen LogP contribution in [-0.4, -0.2) is 28.4 Å². The van der Waals surface area contributed by atoms with Crippen molar-refractivity contribution in [2.45, 2.75) is 25.8 Å². The summed E-state index contributed by atoms with van der Waals surface area (Å²) >= 11 is 0. The Morgan fingerprint density at radius 2 is 2.10 bits per heavy atom. The number of carboxylic acid groups (broad SMARTS) is 1. The molecular formula is C15H15NO4. The summed E-state index contributed by atoms with van der Waals surface area (Å²) in [7, 11) is 0. The van der Waals surface area contributed by atoms with E-state index >= 15 is 0 Å². The van der Waals surface area contributed by atoms with Gasteiger partial charge in [0.25, 0.3) is 0 Å². The molecule has 5 nitrogen and oxygen atoms in total. The van der Waals surface area contributed by atoms with Crippen LogP contribution in [0.1, 0.15) is 35.4 Å². The predicted octanol–water partition coefficient (Wildman–Crippen LogP) is 2.64. The molecule has 0 saturated carbocycles. The van der Waals surface area contributed by atoms with Gasteiger partial charge < -0.3 is 14.4 Å². The molecule has 1 aliphatic heterocycles. The fraction of sp³-hybridized carbons (Fsp3) is 0.333. The van der Waals surface area contributed by atoms with Crippen LogP contribution in [0.2, 0.25) is 0 Å². The molecule has 1 fully saturated rings. The summed E-state index contributed by atoms with van der Waals surface area (Å²) in [6.45, 7) is 0.893. The number of nitrogens with zero attached hydrogens (tertiary/aromatic N) is 1. The van der Waals surface area contributed by atoms with Crippen LogP contribution in [0.5, 0.6) is 0 Å². The summed E-state index contributed by atoms with van der Waals surface area (Å²) in [5.41, 5.74) is 0.711. The van der Waals surface area contributed by atoms with Gasteiger partial charge in [0.1, 0.15) is 16.9 Å². The van der Waals surface area contributed by atoms with Gasteiger partial charge in [0.05, 0.1) is 6.54 Å². The van der Waals surface area contributed by atoms with Crippen LogP contribution in [0.4, 0.5) is 0 Å². The summed E-state index contributed by atoms with van der Waals surface area (Å²) in [5, 5.41) is 9.97. The molecule has 0 aliphatic carbocycles. The predicted molar refractivity (Wildman–Crippen MR) is 72.4 cm³/mol. The SMILES string of the molecule is O=C(O)c1c(CN2CCCCC2=O)oc2ccccc12. The Labute approximate surface area is 115 Å². The van der Waals surface area contributed by atoms with Gasteiger partial charge in [-0.2, -0.15) is 0 Å². The molecule has 1 aliphatic rings. The Hall–Kier alpha value is -2.30. The van der Waals surface area contributed by atoms with Crippen LogP contribution in [0, 0.1) is 0 Å². The molecule has 1 N–H and O–H groups in total. The largest absolute Gasteiger partial charge is 0.478 e. The number of carbonyl (C=O) groups excluding carboxylic acids is 1. The number of para-hydroxylation sites is 1. The molecule has 0 atom stereocenters. The van der Waals surface area contributed by atoms with Crippen molar-refractivity contribution in [3.05, 3.63) is 35.6 Å². The zero-order chi connectivity index (χ0) is 14.1. The summed E-state index contributed by atoms with van der Waals surface area (Å²) in [6.07, 6.45) is 2.39. The van der Waals surface area contributed by atoms with E-state index in [-0.39, 0.29) is 18.0 Å². The van der Waals surface area contributed by atoms with Gasteiger partial charge in [-0.25, -0.2) is 4.79 Å². The lowest BCUT2D eigenvalue weighted by Crippen LogP contribution is -2.34. The number of amides is 1. The highest BCUT2D eigenvalue weighted by atomic mass is 16.4. The van der Waals surface area contributed by atoms with E-state index in [1.165, 1.54) is 0 Å². The fourth-order valence-corrected chi connectivity index (χ4v) is 2.64. The second-order valence-corrected chi connectivity index (χ2v) is 4.97. The molecule has 1 aromatic heterocycles. The van der Waals surface area contributed by atoms with E-state index < -0.39 is 5.97 Å². The highest BCUT2D eigenvalue weighted by Gasteiger charge is 2.25. The number of benzene rings is 1. The third-order valence-electron chi connectivity index (χ3n) is 3.64. The molecule has 1 amide bonds. The maximum atomic E-state index is 11.8. The normalized spacial score (nSPS) is 15.8. The number of likely N-dealkylation sites (tertiary alicyclic amines) is 1. The number of piperidine rings is 1. The van der Waals surface area contributed by atoms with Crippen molar-refractivity contribution in [1.29, 1.82) is 0 Å². The maximum Gasteiger partial charge on any atom is 0.339 e. The molecule has 3 rings (SSSR count). The van der Waals surface area contributed by atoms with E-state index in [0.717, 1.165) is 12.8 Å². The smallest absolute Gasteiger partial charge is 0.339 e. The molecule has 1 aromatic carbocycles. The van der Waals surface area contributed by atoms with Crippen LogP contribution in [-0.2, 0) is 11.3 Å². The zero-order valence-electron chi connectivity index (χ0n) is 11.0. The van der Waals surface area contributed by atoms with Crippen LogP contribution >= 0.6 is 0 Å². The number of hydrogen-bond acceptors (Lipinski definition) is 3. The first-order valence-corrected chi connectivity index (χ1v) is 6.68. The van der Waals surface area contributed by atoms with Crippen LogP contribution in [0.3, 0.4) is 0 Å². The second kappa shape index (κ2) is 5.00. The van der Waals surface area contributed by atoms with Gasteiger partial charge in [0.2, 0.25) is 5.91 Å². The molecule has 0 spiro atoms. The number of fused-ring (bicyclic) bond motifs is 1. The second-order valence-electron chi connectivity index (χ2n) is 4.97. The molecule has 20 heavy (non-hydrogen) atoms. The molecule has 2 aromatic rings. The number of hydrogen-bond donors (Lipinski definition) is 1. The van der Waals surface area contributed by atoms with Crippen LogP contribution < -0.4 is 0 Å². The molecular weight excluding hydrogens is 258 g/mol. The van der Waals surface area contributed by atoms with Crippen molar-refractivity contribution < 1.29 is 19.1 Å². The standard InChI is InChI=1S/C15H15NO4/c17-13-7-3-4-8-16(13)9-12-14(15(18)19)10-5-1-2-6-11(10)20-12/h1-2,5-6H,3-4,7-9H2,(H,18,19). The lowest BCUT2D eigenvalue weighted by atomic mass is 10.1. The molecule has 1 saturated heterocycles. The topological polar surface area (TPSA) is 70.8 Å². The molecule has 104 valence electrons. The van der Waals surface area contributed by atoms with Gasteiger partial charge in [0, 0.05) is 18.4 Å². The minimum Gasteiger partial charge on any atom is -0.478 e. The van der Waals surface area contributed by atoms with E-state index in [4.69, 9.17) is 4.42 Å². The van der Waals surface area contributed by atoms with Crippen LogP contribution in [0.15, 0.2) is 28.7 Å². The van der Waals surface area contributed by atoms with Crippen molar-refractivity contribution in [3.8, 4) is 0 Å². The molecule has 2 heterocycles. The number of carboxylic acids is 1. The number of carbonyl (C=O) groups is 2. The highest BCUT2D eigenvalue weighted by Crippen LogP contribution is 2.27. The Morgan fingerprint density at radius 1 is 1.30 bits per heavy atom. The van der Waals surface area contributed by atoms with Gasteiger partial charge in [-0.15, -0.1) is 0 Å². The summed E-state index contributed by atoms with van der Waals surface area (Å²) in [5.74, 6) is -0.601. The average Bonchev–Trinajstić information content (AvgIpc) is 2.79. The van der Waals surface area contributed by atoms with E-state index in [2.05, 4.69) is 0 Å². The van der Waals surface area contributed by atoms with Gasteiger partial charge in [-0.3, -0.25) is 4.79 Å². The molecule has 0 bridgehead atoms. The number of rotatable bonds is 3. The Balaban J connectivity index is 2.00. The summed E-state index contributed by atoms with van der Waals surface area (Å²) in [4.78, 5) is 25.0. The zero-order valence-corrected chi connectivity index (χ0v) is 11.0. The van der Waals surface area contributed by atoms with E-state index in [1.807, 2.05) is 0 Å². The molecule has 5 heteroatoms. The van der Waals surface area contributed by atoms with Crippen molar-refractivity contribution in [1.82, 2.24) is 4.90 Å². The fourth-order valence-electron chi connectivity index (χ4n) is 2.64. The van der Waals surface area contributed by atoms with E-state index in [9.17, 15) is 14.7 Å². The lowest BCUT2D eigenvalue weighted by Gasteiger charge is -2.25. The number of aromatic carboxylic acids is 1. The van der Waals surface area contributed by atoms with Gasteiger partial charge in [-0.1, -0.05) is 18.2 Å². The monoisotopic (exact) mass is 273 g/mol.